The van der Waals surface area contributed by atoms with Gasteiger partial charge in [-0.1, -0.05) is 18.2 Å². The number of ether oxygens (including phenoxy) is 3. The molecule has 0 aromatic heterocycles. The third-order valence-corrected chi connectivity index (χ3v) is 4.00. The molecule has 0 bridgehead atoms. The number of amides is 1. The number of hydrogen-bond donors (Lipinski definition) is 2. The predicted octanol–water partition coefficient (Wildman–Crippen LogP) is 2.03. The van der Waals surface area contributed by atoms with Gasteiger partial charge in [0, 0.05) is 12.5 Å². The number of rotatable bonds is 6. The van der Waals surface area contributed by atoms with Gasteiger partial charge in [-0.2, -0.15) is 0 Å². The number of methoxy groups -OCH3 is 1. The third kappa shape index (κ3) is 4.78. The van der Waals surface area contributed by atoms with E-state index in [4.69, 9.17) is 14.2 Å². The molecule has 2 N–H and O–H groups in total. The van der Waals surface area contributed by atoms with Gasteiger partial charge in [0.25, 0.3) is 0 Å². The van der Waals surface area contributed by atoms with Crippen LogP contribution in [0, 0.1) is 0 Å². The van der Waals surface area contributed by atoms with E-state index in [1.165, 1.54) is 25.3 Å². The summed E-state index contributed by atoms with van der Waals surface area (Å²) in [5.41, 5.74) is 1.55. The monoisotopic (exact) mass is 369 g/mol. The number of nitrogens with one attached hydrogen (secondary N) is 1. The predicted molar refractivity (Wildman–Crippen MR) is 97.4 cm³/mol. The summed E-state index contributed by atoms with van der Waals surface area (Å²) < 4.78 is 15.3. The first kappa shape index (κ1) is 18.3. The highest BCUT2D eigenvalue weighted by Crippen LogP contribution is 2.32. The van der Waals surface area contributed by atoms with Crippen molar-refractivity contribution in [1.29, 1.82) is 0 Å². The Hall–Kier alpha value is -3.48. The standard InChI is InChI=1S/C20H19NO6/c1-25-20(24)16(10-13-2-6-15(22)7-3-13)21-19(23)9-5-14-4-8-17-18(11-14)27-12-26-17/h2-9,11,16,22H,10,12H2,1H3,(H,21,23)/b9-5+. The van der Waals surface area contributed by atoms with Gasteiger partial charge in [0.05, 0.1) is 7.11 Å². The number of esters is 1. The van der Waals surface area contributed by atoms with Crippen molar-refractivity contribution in [1.82, 2.24) is 5.32 Å². The van der Waals surface area contributed by atoms with E-state index >= 15 is 0 Å². The Labute approximate surface area is 156 Å². The van der Waals surface area contributed by atoms with E-state index < -0.39 is 17.9 Å². The second-order valence-electron chi connectivity index (χ2n) is 5.90. The molecule has 7 nitrogen and oxygen atoms in total. The van der Waals surface area contributed by atoms with Gasteiger partial charge in [-0.05, 0) is 41.5 Å². The first-order valence-corrected chi connectivity index (χ1v) is 8.29. The van der Waals surface area contributed by atoms with Crippen molar-refractivity contribution in [2.75, 3.05) is 13.9 Å². The maximum Gasteiger partial charge on any atom is 0.328 e. The molecule has 1 aliphatic rings. The lowest BCUT2D eigenvalue weighted by atomic mass is 10.1. The van der Waals surface area contributed by atoms with Gasteiger partial charge in [0.1, 0.15) is 11.8 Å². The SMILES string of the molecule is COC(=O)C(Cc1ccc(O)cc1)NC(=O)/C=C/c1ccc2c(c1)OCO2. The van der Waals surface area contributed by atoms with Crippen LogP contribution in [0.3, 0.4) is 0 Å². The van der Waals surface area contributed by atoms with Gasteiger partial charge >= 0.3 is 5.97 Å². The van der Waals surface area contributed by atoms with Crippen LogP contribution >= 0.6 is 0 Å². The number of phenols is 1. The summed E-state index contributed by atoms with van der Waals surface area (Å²) in [4.78, 5) is 24.2. The maximum atomic E-state index is 12.2. The van der Waals surface area contributed by atoms with E-state index in [2.05, 4.69) is 5.32 Å². The van der Waals surface area contributed by atoms with E-state index in [1.54, 1.807) is 36.4 Å². The van der Waals surface area contributed by atoms with Crippen LogP contribution in [0.4, 0.5) is 0 Å². The quantitative estimate of drug-likeness (QED) is 0.598. The van der Waals surface area contributed by atoms with Crippen LogP contribution in [0.5, 0.6) is 17.2 Å². The average molecular weight is 369 g/mol. The minimum absolute atomic E-state index is 0.129. The van der Waals surface area contributed by atoms with Crippen LogP contribution in [0.1, 0.15) is 11.1 Å². The minimum Gasteiger partial charge on any atom is -0.508 e. The van der Waals surface area contributed by atoms with Crippen molar-refractivity contribution in [2.45, 2.75) is 12.5 Å². The topological polar surface area (TPSA) is 94.1 Å². The molecule has 1 heterocycles. The van der Waals surface area contributed by atoms with Crippen molar-refractivity contribution >= 4 is 18.0 Å². The molecule has 0 spiro atoms. The summed E-state index contributed by atoms with van der Waals surface area (Å²) in [6.45, 7) is 0.182. The first-order valence-electron chi connectivity index (χ1n) is 8.29. The Morgan fingerprint density at radius 1 is 1.19 bits per heavy atom. The Balaban J connectivity index is 1.65. The van der Waals surface area contributed by atoms with E-state index in [1.807, 2.05) is 0 Å². The molecule has 0 fully saturated rings. The van der Waals surface area contributed by atoms with Gasteiger partial charge in [-0.3, -0.25) is 4.79 Å². The molecule has 1 amide bonds. The summed E-state index contributed by atoms with van der Waals surface area (Å²) >= 11 is 0. The molecule has 7 heteroatoms. The summed E-state index contributed by atoms with van der Waals surface area (Å²) in [7, 11) is 1.26. The van der Waals surface area contributed by atoms with E-state index in [0.29, 0.717) is 11.5 Å². The average Bonchev–Trinajstić information content (AvgIpc) is 3.14. The van der Waals surface area contributed by atoms with Crippen molar-refractivity contribution in [3.8, 4) is 17.2 Å². The van der Waals surface area contributed by atoms with Gasteiger partial charge in [0.15, 0.2) is 11.5 Å². The Morgan fingerprint density at radius 2 is 1.93 bits per heavy atom. The van der Waals surface area contributed by atoms with Crippen molar-refractivity contribution in [2.24, 2.45) is 0 Å². The van der Waals surface area contributed by atoms with Crippen LogP contribution in [0.15, 0.2) is 48.5 Å². The summed E-state index contributed by atoms with van der Waals surface area (Å²) in [5, 5.41) is 12.0. The number of phenolic OH excluding ortho intramolecular Hbond substituents is 1. The number of carbonyl (C=O) groups is 2. The molecular formula is C20H19NO6. The first-order chi connectivity index (χ1) is 13.0. The Kier molecular flexibility index (Phi) is 5.61. The van der Waals surface area contributed by atoms with Crippen LogP contribution in [0.25, 0.3) is 6.08 Å². The van der Waals surface area contributed by atoms with Crippen molar-refractivity contribution < 1.29 is 28.9 Å². The number of benzene rings is 2. The molecule has 0 saturated heterocycles. The number of aromatic hydroxyl groups is 1. The highest BCUT2D eigenvalue weighted by atomic mass is 16.7. The fourth-order valence-electron chi connectivity index (χ4n) is 2.61. The number of hydrogen-bond acceptors (Lipinski definition) is 6. The lowest BCUT2D eigenvalue weighted by molar-refractivity contribution is -0.144. The molecule has 3 rings (SSSR count). The Bertz CT molecular complexity index is 859. The fourth-order valence-corrected chi connectivity index (χ4v) is 2.61. The lowest BCUT2D eigenvalue weighted by Crippen LogP contribution is -2.42. The molecule has 0 saturated carbocycles. The van der Waals surface area contributed by atoms with Crippen molar-refractivity contribution in [3.63, 3.8) is 0 Å². The summed E-state index contributed by atoms with van der Waals surface area (Å²) in [6.07, 6.45) is 3.20. The third-order valence-electron chi connectivity index (χ3n) is 4.00. The van der Waals surface area contributed by atoms with Crippen LogP contribution in [-0.2, 0) is 20.7 Å². The maximum absolute atomic E-state index is 12.2. The van der Waals surface area contributed by atoms with Gasteiger partial charge in [0.2, 0.25) is 12.7 Å². The molecule has 27 heavy (non-hydrogen) atoms. The summed E-state index contributed by atoms with van der Waals surface area (Å²) in [5.74, 6) is 0.437. The van der Waals surface area contributed by atoms with Crippen LogP contribution in [-0.4, -0.2) is 36.9 Å². The highest BCUT2D eigenvalue weighted by molar-refractivity contribution is 5.94. The second kappa shape index (κ2) is 8.27. The van der Waals surface area contributed by atoms with Gasteiger partial charge in [-0.15, -0.1) is 0 Å². The van der Waals surface area contributed by atoms with Crippen LogP contribution in [0.2, 0.25) is 0 Å². The molecule has 1 unspecified atom stereocenters. The molecule has 1 aliphatic heterocycles. The second-order valence-corrected chi connectivity index (χ2v) is 5.90. The molecular weight excluding hydrogens is 350 g/mol. The molecule has 140 valence electrons. The van der Waals surface area contributed by atoms with Gasteiger partial charge in [-0.25, -0.2) is 4.79 Å². The molecule has 2 aromatic carbocycles. The zero-order chi connectivity index (χ0) is 19.2. The van der Waals surface area contributed by atoms with Crippen molar-refractivity contribution in [3.05, 3.63) is 59.7 Å². The number of carbonyl (C=O) groups excluding carboxylic acids is 2. The lowest BCUT2D eigenvalue weighted by Gasteiger charge is -2.15. The van der Waals surface area contributed by atoms with E-state index in [0.717, 1.165) is 11.1 Å². The molecule has 1 atom stereocenters. The largest absolute Gasteiger partial charge is 0.508 e. The smallest absolute Gasteiger partial charge is 0.328 e. The molecule has 0 aliphatic carbocycles. The zero-order valence-corrected chi connectivity index (χ0v) is 14.7. The normalized spacial score (nSPS) is 13.4. The highest BCUT2D eigenvalue weighted by Gasteiger charge is 2.21. The van der Waals surface area contributed by atoms with E-state index in [-0.39, 0.29) is 19.0 Å². The summed E-state index contributed by atoms with van der Waals surface area (Å²) in [6, 6.07) is 10.9. The minimum atomic E-state index is -0.839. The zero-order valence-electron chi connectivity index (χ0n) is 14.7. The van der Waals surface area contributed by atoms with Gasteiger partial charge < -0.3 is 24.6 Å². The van der Waals surface area contributed by atoms with Crippen LogP contribution < -0.4 is 14.8 Å². The van der Waals surface area contributed by atoms with E-state index in [9.17, 15) is 14.7 Å². The number of fused-ring (bicyclic) bond motifs is 1. The molecule has 0 radical (unpaired) electrons. The fraction of sp³-hybridized carbons (Fsp3) is 0.200. The molecule has 2 aromatic rings. The Morgan fingerprint density at radius 3 is 2.67 bits per heavy atom.